The van der Waals surface area contributed by atoms with Crippen LogP contribution in [0.25, 0.3) is 21.3 Å². The highest BCUT2D eigenvalue weighted by molar-refractivity contribution is 7.98. The van der Waals surface area contributed by atoms with Crippen molar-refractivity contribution in [3.05, 3.63) is 60.2 Å². The number of hydrogen-bond donors (Lipinski definition) is 1. The first kappa shape index (κ1) is 17.8. The first-order valence-electron chi connectivity index (χ1n) is 8.65. The van der Waals surface area contributed by atoms with Crippen LogP contribution < -0.4 is 10.1 Å². The molecule has 4 nitrogen and oxygen atoms in total. The summed E-state index contributed by atoms with van der Waals surface area (Å²) in [6.45, 7) is 2.65. The number of nitrogens with zero attached hydrogens (tertiary/aromatic N) is 2. The number of fused-ring (bicyclic) bond motifs is 1. The minimum atomic E-state index is 0.664. The predicted molar refractivity (Wildman–Crippen MR) is 116 cm³/mol. The normalized spacial score (nSPS) is 10.9. The maximum Gasteiger partial charge on any atom is 0.143 e. The van der Waals surface area contributed by atoms with Crippen molar-refractivity contribution in [3.63, 3.8) is 0 Å². The minimum Gasteiger partial charge on any atom is -0.494 e. The van der Waals surface area contributed by atoms with Crippen LogP contribution >= 0.6 is 23.1 Å². The smallest absolute Gasteiger partial charge is 0.143 e. The van der Waals surface area contributed by atoms with Crippen molar-refractivity contribution in [2.45, 2.75) is 11.8 Å². The molecule has 0 amide bonds. The molecule has 4 aromatic rings. The Labute approximate surface area is 166 Å². The SMILES string of the molecule is CCOc1ccc(-c2csc3ncnc(Nc4cccc(SC)c4)c23)cc1. The highest BCUT2D eigenvalue weighted by Crippen LogP contribution is 2.38. The standard InChI is InChI=1S/C21H19N3OS2/c1-3-25-16-9-7-14(8-10-16)18-12-27-21-19(18)20(22-13-23-21)24-15-5-4-6-17(11-15)26-2/h4-13H,3H2,1-2H3,(H,22,23,24). The summed E-state index contributed by atoms with van der Waals surface area (Å²) < 4.78 is 5.55. The Morgan fingerprint density at radius 1 is 1.11 bits per heavy atom. The molecule has 2 aromatic heterocycles. The fraction of sp³-hybridized carbons (Fsp3) is 0.143. The van der Waals surface area contributed by atoms with E-state index in [4.69, 9.17) is 4.74 Å². The number of thiophene rings is 1. The highest BCUT2D eigenvalue weighted by Gasteiger charge is 2.13. The Kier molecular flexibility index (Phi) is 5.27. The Balaban J connectivity index is 1.75. The van der Waals surface area contributed by atoms with Gasteiger partial charge < -0.3 is 10.1 Å². The topological polar surface area (TPSA) is 47.0 Å². The molecule has 4 rings (SSSR count). The van der Waals surface area contributed by atoms with Crippen molar-refractivity contribution in [2.24, 2.45) is 0 Å². The molecule has 0 saturated carbocycles. The van der Waals surface area contributed by atoms with Crippen LogP contribution in [0.3, 0.4) is 0 Å². The molecule has 27 heavy (non-hydrogen) atoms. The van der Waals surface area contributed by atoms with Gasteiger partial charge in [0, 0.05) is 21.5 Å². The molecule has 6 heteroatoms. The molecule has 0 radical (unpaired) electrons. The number of benzene rings is 2. The Morgan fingerprint density at radius 3 is 2.74 bits per heavy atom. The number of ether oxygens (including phenoxy) is 1. The zero-order chi connectivity index (χ0) is 18.6. The Morgan fingerprint density at radius 2 is 1.96 bits per heavy atom. The average molecular weight is 394 g/mol. The van der Waals surface area contributed by atoms with Crippen LogP contribution in [0.15, 0.2) is 65.1 Å². The van der Waals surface area contributed by atoms with Crippen LogP contribution in [0.1, 0.15) is 6.92 Å². The van der Waals surface area contributed by atoms with E-state index in [9.17, 15) is 0 Å². The molecule has 0 saturated heterocycles. The molecule has 0 atom stereocenters. The van der Waals surface area contributed by atoms with Gasteiger partial charge in [0.05, 0.1) is 12.0 Å². The maximum atomic E-state index is 5.55. The molecule has 1 N–H and O–H groups in total. The molecule has 2 aromatic carbocycles. The van der Waals surface area contributed by atoms with Crippen LogP contribution in [0, 0.1) is 0 Å². The second-order valence-corrected chi connectivity index (χ2v) is 7.60. The summed E-state index contributed by atoms with van der Waals surface area (Å²) in [6, 6.07) is 16.5. The highest BCUT2D eigenvalue weighted by atomic mass is 32.2. The van der Waals surface area contributed by atoms with Gasteiger partial charge in [-0.2, -0.15) is 0 Å². The third-order valence-electron chi connectivity index (χ3n) is 4.18. The first-order valence-corrected chi connectivity index (χ1v) is 10.8. The van der Waals surface area contributed by atoms with E-state index in [-0.39, 0.29) is 0 Å². The number of rotatable bonds is 6. The summed E-state index contributed by atoms with van der Waals surface area (Å²) in [5.74, 6) is 1.70. The van der Waals surface area contributed by atoms with Gasteiger partial charge in [-0.3, -0.25) is 0 Å². The monoisotopic (exact) mass is 393 g/mol. The summed E-state index contributed by atoms with van der Waals surface area (Å²) >= 11 is 3.35. The molecular formula is C21H19N3OS2. The summed E-state index contributed by atoms with van der Waals surface area (Å²) in [5, 5.41) is 6.65. The minimum absolute atomic E-state index is 0.664. The van der Waals surface area contributed by atoms with Crippen LogP contribution in [0.2, 0.25) is 0 Å². The fourth-order valence-corrected chi connectivity index (χ4v) is 4.29. The second kappa shape index (κ2) is 7.98. The summed E-state index contributed by atoms with van der Waals surface area (Å²) in [5.41, 5.74) is 3.27. The van der Waals surface area contributed by atoms with Crippen molar-refractivity contribution in [2.75, 3.05) is 18.2 Å². The maximum absolute atomic E-state index is 5.55. The molecular weight excluding hydrogens is 374 g/mol. The van der Waals surface area contributed by atoms with Gasteiger partial charge in [-0.1, -0.05) is 18.2 Å². The van der Waals surface area contributed by atoms with E-state index in [2.05, 4.69) is 57.3 Å². The lowest BCUT2D eigenvalue weighted by Crippen LogP contribution is -1.95. The van der Waals surface area contributed by atoms with Crippen LogP contribution in [0.4, 0.5) is 11.5 Å². The van der Waals surface area contributed by atoms with Gasteiger partial charge in [0.25, 0.3) is 0 Å². The van der Waals surface area contributed by atoms with Crippen molar-refractivity contribution >= 4 is 44.8 Å². The summed E-state index contributed by atoms with van der Waals surface area (Å²) in [7, 11) is 0. The van der Waals surface area contributed by atoms with E-state index < -0.39 is 0 Å². The van der Waals surface area contributed by atoms with E-state index in [0.29, 0.717) is 6.61 Å². The van der Waals surface area contributed by atoms with Gasteiger partial charge in [0.15, 0.2) is 0 Å². The molecule has 0 spiro atoms. The number of hydrogen-bond acceptors (Lipinski definition) is 6. The second-order valence-electron chi connectivity index (χ2n) is 5.87. The van der Waals surface area contributed by atoms with E-state index in [1.165, 1.54) is 4.90 Å². The average Bonchev–Trinajstić information content (AvgIpc) is 3.14. The van der Waals surface area contributed by atoms with Gasteiger partial charge in [0.2, 0.25) is 0 Å². The van der Waals surface area contributed by atoms with E-state index in [1.807, 2.05) is 25.1 Å². The lowest BCUT2D eigenvalue weighted by molar-refractivity contribution is 0.340. The first-order chi connectivity index (χ1) is 13.3. The molecule has 0 unspecified atom stereocenters. The van der Waals surface area contributed by atoms with Crippen LogP contribution in [-0.2, 0) is 0 Å². The number of anilines is 2. The van der Waals surface area contributed by atoms with Crippen LogP contribution in [-0.4, -0.2) is 22.8 Å². The lowest BCUT2D eigenvalue weighted by Gasteiger charge is -2.10. The van der Waals surface area contributed by atoms with Gasteiger partial charge in [-0.05, 0) is 49.1 Å². The van der Waals surface area contributed by atoms with E-state index >= 15 is 0 Å². The molecule has 0 aliphatic heterocycles. The van der Waals surface area contributed by atoms with Gasteiger partial charge in [-0.15, -0.1) is 23.1 Å². The third kappa shape index (κ3) is 3.77. The van der Waals surface area contributed by atoms with Gasteiger partial charge >= 0.3 is 0 Å². The molecule has 2 heterocycles. The summed E-state index contributed by atoms with van der Waals surface area (Å²) in [4.78, 5) is 11.1. The van der Waals surface area contributed by atoms with Gasteiger partial charge in [-0.25, -0.2) is 9.97 Å². The number of thioether (sulfide) groups is 1. The van der Waals surface area contributed by atoms with E-state index in [1.54, 1.807) is 29.4 Å². The largest absolute Gasteiger partial charge is 0.494 e. The molecule has 0 fully saturated rings. The van der Waals surface area contributed by atoms with E-state index in [0.717, 1.165) is 38.6 Å². The van der Waals surface area contributed by atoms with Crippen molar-refractivity contribution in [1.82, 2.24) is 9.97 Å². The lowest BCUT2D eigenvalue weighted by atomic mass is 10.1. The quantitative estimate of drug-likeness (QED) is 0.394. The zero-order valence-electron chi connectivity index (χ0n) is 15.1. The molecule has 136 valence electrons. The number of nitrogens with one attached hydrogen (secondary N) is 1. The van der Waals surface area contributed by atoms with Crippen molar-refractivity contribution in [1.29, 1.82) is 0 Å². The molecule has 0 bridgehead atoms. The fourth-order valence-electron chi connectivity index (χ4n) is 2.92. The zero-order valence-corrected chi connectivity index (χ0v) is 16.7. The Bertz CT molecular complexity index is 1060. The van der Waals surface area contributed by atoms with Gasteiger partial charge in [0.1, 0.15) is 22.7 Å². The third-order valence-corrected chi connectivity index (χ3v) is 5.79. The van der Waals surface area contributed by atoms with Crippen LogP contribution in [0.5, 0.6) is 5.75 Å². The molecule has 0 aliphatic carbocycles. The number of aromatic nitrogens is 2. The predicted octanol–water partition coefficient (Wildman–Crippen LogP) is 6.22. The van der Waals surface area contributed by atoms with Crippen molar-refractivity contribution in [3.8, 4) is 16.9 Å². The Hall–Kier alpha value is -2.57. The summed E-state index contributed by atoms with van der Waals surface area (Å²) in [6.07, 6.45) is 3.69. The van der Waals surface area contributed by atoms with Crippen molar-refractivity contribution < 1.29 is 4.74 Å². The molecule has 0 aliphatic rings.